The third-order valence-electron chi connectivity index (χ3n) is 4.76. The molecule has 4 nitrogen and oxygen atoms in total. The van der Waals surface area contributed by atoms with Gasteiger partial charge in [-0.25, -0.2) is 4.39 Å². The van der Waals surface area contributed by atoms with Gasteiger partial charge in [0.1, 0.15) is 5.82 Å². The van der Waals surface area contributed by atoms with E-state index in [9.17, 15) is 14.0 Å². The summed E-state index contributed by atoms with van der Waals surface area (Å²) in [6.45, 7) is 1.86. The Labute approximate surface area is 153 Å². The van der Waals surface area contributed by atoms with Crippen molar-refractivity contribution in [1.82, 2.24) is 9.80 Å². The van der Waals surface area contributed by atoms with Crippen LogP contribution in [0.4, 0.5) is 4.39 Å². The second-order valence-electron chi connectivity index (χ2n) is 6.65. The predicted molar refractivity (Wildman–Crippen MR) is 99.2 cm³/mol. The normalized spacial score (nSPS) is 14.4. The van der Waals surface area contributed by atoms with Crippen LogP contribution in [-0.4, -0.2) is 48.3 Å². The number of amides is 2. The van der Waals surface area contributed by atoms with Gasteiger partial charge in [-0.2, -0.15) is 0 Å². The molecule has 0 bridgehead atoms. The second kappa shape index (κ2) is 8.13. The van der Waals surface area contributed by atoms with E-state index in [1.54, 1.807) is 30.1 Å². The highest BCUT2D eigenvalue weighted by molar-refractivity contribution is 5.94. The molecule has 2 aromatic rings. The zero-order valence-corrected chi connectivity index (χ0v) is 15.0. The molecule has 0 aromatic heterocycles. The van der Waals surface area contributed by atoms with Gasteiger partial charge in [0.15, 0.2) is 0 Å². The third-order valence-corrected chi connectivity index (χ3v) is 4.76. The van der Waals surface area contributed by atoms with Gasteiger partial charge in [0, 0.05) is 38.7 Å². The molecule has 0 saturated carbocycles. The van der Waals surface area contributed by atoms with Crippen LogP contribution in [-0.2, 0) is 4.79 Å². The summed E-state index contributed by atoms with van der Waals surface area (Å²) in [7, 11) is 1.75. The fourth-order valence-electron chi connectivity index (χ4n) is 3.16. The molecule has 0 spiro atoms. The van der Waals surface area contributed by atoms with Crippen LogP contribution < -0.4 is 0 Å². The number of halogens is 1. The van der Waals surface area contributed by atoms with E-state index in [0.29, 0.717) is 25.1 Å². The van der Waals surface area contributed by atoms with Gasteiger partial charge in [0.25, 0.3) is 5.91 Å². The number of likely N-dealkylation sites (N-methyl/N-ethyl adjacent to an activating group) is 1. The summed E-state index contributed by atoms with van der Waals surface area (Å²) in [5.41, 5.74) is 2.22. The number of nitrogens with zero attached hydrogens (tertiary/aromatic N) is 2. The standard InChI is InChI=1S/C21H23FN2O2/c1-23(13-14-24-12-3-2-7-20(24)25)21(26)17-10-8-16(9-11-17)18-5-4-6-19(22)15-18/h4-6,8-11,15H,2-3,7,12-14H2,1H3. The summed E-state index contributed by atoms with van der Waals surface area (Å²) >= 11 is 0. The van der Waals surface area contributed by atoms with Crippen molar-refractivity contribution >= 4 is 11.8 Å². The fraction of sp³-hybridized carbons (Fsp3) is 0.333. The highest BCUT2D eigenvalue weighted by Gasteiger charge is 2.19. The number of rotatable bonds is 5. The van der Waals surface area contributed by atoms with Crippen LogP contribution in [0.25, 0.3) is 11.1 Å². The third kappa shape index (κ3) is 4.28. The summed E-state index contributed by atoms with van der Waals surface area (Å²) in [5, 5.41) is 0. The van der Waals surface area contributed by atoms with Gasteiger partial charge in [0.05, 0.1) is 0 Å². The number of carbonyl (C=O) groups is 2. The van der Waals surface area contributed by atoms with Crippen LogP contribution in [0, 0.1) is 5.82 Å². The molecule has 26 heavy (non-hydrogen) atoms. The summed E-state index contributed by atoms with van der Waals surface area (Å²) in [5.74, 6) is -0.188. The average Bonchev–Trinajstić information content (AvgIpc) is 2.66. The summed E-state index contributed by atoms with van der Waals surface area (Å²) in [6, 6.07) is 13.5. The zero-order chi connectivity index (χ0) is 18.5. The van der Waals surface area contributed by atoms with Crippen molar-refractivity contribution in [3.63, 3.8) is 0 Å². The summed E-state index contributed by atoms with van der Waals surface area (Å²) in [4.78, 5) is 27.9. The molecule has 136 valence electrons. The molecular weight excluding hydrogens is 331 g/mol. The minimum atomic E-state index is -0.283. The first kappa shape index (κ1) is 18.1. The molecule has 1 saturated heterocycles. The quantitative estimate of drug-likeness (QED) is 0.823. The van der Waals surface area contributed by atoms with Crippen molar-refractivity contribution < 1.29 is 14.0 Å². The maximum absolute atomic E-state index is 13.3. The first-order valence-electron chi connectivity index (χ1n) is 8.94. The summed E-state index contributed by atoms with van der Waals surface area (Å²) < 4.78 is 13.3. The minimum absolute atomic E-state index is 0.0831. The Balaban J connectivity index is 1.61. The van der Waals surface area contributed by atoms with Crippen LogP contribution in [0.2, 0.25) is 0 Å². The van der Waals surface area contributed by atoms with Gasteiger partial charge in [-0.1, -0.05) is 24.3 Å². The number of likely N-dealkylation sites (tertiary alicyclic amines) is 1. The lowest BCUT2D eigenvalue weighted by Crippen LogP contribution is -2.41. The molecule has 2 aromatic carbocycles. The van der Waals surface area contributed by atoms with E-state index in [2.05, 4.69) is 0 Å². The van der Waals surface area contributed by atoms with E-state index in [1.165, 1.54) is 12.1 Å². The van der Waals surface area contributed by atoms with E-state index < -0.39 is 0 Å². The van der Waals surface area contributed by atoms with Crippen molar-refractivity contribution in [3.05, 3.63) is 59.9 Å². The minimum Gasteiger partial charge on any atom is -0.341 e. The number of hydrogen-bond donors (Lipinski definition) is 0. The van der Waals surface area contributed by atoms with Gasteiger partial charge >= 0.3 is 0 Å². The largest absolute Gasteiger partial charge is 0.341 e. The van der Waals surface area contributed by atoms with E-state index in [4.69, 9.17) is 0 Å². The molecule has 0 unspecified atom stereocenters. The lowest BCUT2D eigenvalue weighted by atomic mass is 10.0. The Morgan fingerprint density at radius 3 is 2.58 bits per heavy atom. The Kier molecular flexibility index (Phi) is 5.66. The Bertz CT molecular complexity index is 789. The average molecular weight is 354 g/mol. The molecule has 0 aliphatic carbocycles. The zero-order valence-electron chi connectivity index (χ0n) is 15.0. The van der Waals surface area contributed by atoms with E-state index in [1.807, 2.05) is 23.1 Å². The molecule has 1 aliphatic rings. The number of carbonyl (C=O) groups excluding carboxylic acids is 2. The van der Waals surface area contributed by atoms with Crippen LogP contribution in [0.5, 0.6) is 0 Å². The predicted octanol–water partition coefficient (Wildman–Crippen LogP) is 3.58. The van der Waals surface area contributed by atoms with Crippen LogP contribution in [0.1, 0.15) is 29.6 Å². The van der Waals surface area contributed by atoms with Crippen molar-refractivity contribution in [2.24, 2.45) is 0 Å². The highest BCUT2D eigenvalue weighted by atomic mass is 19.1. The highest BCUT2D eigenvalue weighted by Crippen LogP contribution is 2.21. The molecule has 1 heterocycles. The molecule has 5 heteroatoms. The number of hydrogen-bond acceptors (Lipinski definition) is 2. The Hall–Kier alpha value is -2.69. The monoisotopic (exact) mass is 354 g/mol. The second-order valence-corrected chi connectivity index (χ2v) is 6.65. The Morgan fingerprint density at radius 2 is 1.88 bits per heavy atom. The van der Waals surface area contributed by atoms with Gasteiger partial charge < -0.3 is 9.80 Å². The van der Waals surface area contributed by atoms with Crippen LogP contribution in [0.15, 0.2) is 48.5 Å². The van der Waals surface area contributed by atoms with Gasteiger partial charge in [-0.05, 0) is 48.2 Å². The Morgan fingerprint density at radius 1 is 1.12 bits per heavy atom. The molecule has 0 radical (unpaired) electrons. The smallest absolute Gasteiger partial charge is 0.253 e. The number of benzene rings is 2. The maximum atomic E-state index is 13.3. The maximum Gasteiger partial charge on any atom is 0.253 e. The van der Waals surface area contributed by atoms with E-state index in [0.717, 1.165) is 30.5 Å². The fourth-order valence-corrected chi connectivity index (χ4v) is 3.16. The van der Waals surface area contributed by atoms with E-state index in [-0.39, 0.29) is 17.6 Å². The van der Waals surface area contributed by atoms with Crippen molar-refractivity contribution in [2.45, 2.75) is 19.3 Å². The molecular formula is C21H23FN2O2. The molecule has 1 fully saturated rings. The molecule has 1 aliphatic heterocycles. The van der Waals surface area contributed by atoms with Crippen molar-refractivity contribution in [3.8, 4) is 11.1 Å². The lowest BCUT2D eigenvalue weighted by molar-refractivity contribution is -0.133. The topological polar surface area (TPSA) is 40.6 Å². The molecule has 0 atom stereocenters. The first-order chi connectivity index (χ1) is 12.5. The number of piperidine rings is 1. The molecule has 0 N–H and O–H groups in total. The van der Waals surface area contributed by atoms with Crippen molar-refractivity contribution in [2.75, 3.05) is 26.7 Å². The van der Waals surface area contributed by atoms with Crippen molar-refractivity contribution in [1.29, 1.82) is 0 Å². The van der Waals surface area contributed by atoms with Gasteiger partial charge in [-0.3, -0.25) is 9.59 Å². The molecule has 3 rings (SSSR count). The molecule has 2 amide bonds. The first-order valence-corrected chi connectivity index (χ1v) is 8.94. The summed E-state index contributed by atoms with van der Waals surface area (Å²) in [6.07, 6.45) is 2.60. The van der Waals surface area contributed by atoms with Crippen LogP contribution >= 0.6 is 0 Å². The van der Waals surface area contributed by atoms with Crippen LogP contribution in [0.3, 0.4) is 0 Å². The van der Waals surface area contributed by atoms with E-state index >= 15 is 0 Å². The SMILES string of the molecule is CN(CCN1CCCCC1=O)C(=O)c1ccc(-c2cccc(F)c2)cc1. The van der Waals surface area contributed by atoms with Gasteiger partial charge in [-0.15, -0.1) is 0 Å². The lowest BCUT2D eigenvalue weighted by Gasteiger charge is -2.28. The van der Waals surface area contributed by atoms with Gasteiger partial charge in [0.2, 0.25) is 5.91 Å².